The molecular weight excluding hydrogens is 177 g/mol. The van der Waals surface area contributed by atoms with Gasteiger partial charge in [-0.1, -0.05) is 12.8 Å². The van der Waals surface area contributed by atoms with Crippen LogP contribution in [0.3, 0.4) is 0 Å². The van der Waals surface area contributed by atoms with Gasteiger partial charge >= 0.3 is 0 Å². The molecule has 2 unspecified atom stereocenters. The minimum atomic E-state index is -1.06. The fraction of sp³-hybridized carbons (Fsp3) is 0.917. The zero-order valence-electron chi connectivity index (χ0n) is 9.22. The van der Waals surface area contributed by atoms with E-state index < -0.39 is 5.67 Å². The molecule has 0 aromatic rings. The third-order valence-corrected chi connectivity index (χ3v) is 3.40. The van der Waals surface area contributed by atoms with Crippen LogP contribution in [0.2, 0.25) is 0 Å². The second kappa shape index (κ2) is 4.77. The Morgan fingerprint density at radius 2 is 2.00 bits per heavy atom. The fourth-order valence-electron chi connectivity index (χ4n) is 2.69. The van der Waals surface area contributed by atoms with Gasteiger partial charge in [0.25, 0.3) is 0 Å². The lowest BCUT2D eigenvalue weighted by molar-refractivity contribution is 0.0472. The van der Waals surface area contributed by atoms with Gasteiger partial charge in [0.2, 0.25) is 6.54 Å². The minimum Gasteiger partial charge on any atom is -0.317 e. The van der Waals surface area contributed by atoms with Gasteiger partial charge in [-0.15, -0.1) is 0 Å². The lowest BCUT2D eigenvalue weighted by atomic mass is 9.71. The van der Waals surface area contributed by atoms with E-state index in [1.807, 2.05) is 0 Å². The summed E-state index contributed by atoms with van der Waals surface area (Å²) in [4.78, 5) is 3.37. The summed E-state index contributed by atoms with van der Waals surface area (Å²) in [6.07, 6.45) is 5.39. The molecule has 2 heteroatoms. The van der Waals surface area contributed by atoms with E-state index in [0.29, 0.717) is 12.5 Å². The maximum Gasteiger partial charge on any atom is 0.215 e. The van der Waals surface area contributed by atoms with E-state index in [2.05, 4.69) is 4.85 Å². The third kappa shape index (κ3) is 2.97. The van der Waals surface area contributed by atoms with Crippen LogP contribution in [0.5, 0.6) is 0 Å². The van der Waals surface area contributed by atoms with Crippen molar-refractivity contribution in [1.29, 1.82) is 0 Å². The normalized spacial score (nSPS) is 28.4. The summed E-state index contributed by atoms with van der Waals surface area (Å²) < 4.78 is 13.9. The predicted molar refractivity (Wildman–Crippen MR) is 56.7 cm³/mol. The molecule has 1 aliphatic carbocycles. The van der Waals surface area contributed by atoms with E-state index in [1.54, 1.807) is 13.8 Å². The van der Waals surface area contributed by atoms with Crippen molar-refractivity contribution in [3.63, 3.8) is 0 Å². The van der Waals surface area contributed by atoms with Crippen LogP contribution < -0.4 is 0 Å². The molecule has 14 heavy (non-hydrogen) atoms. The molecule has 1 fully saturated rings. The van der Waals surface area contributed by atoms with Crippen LogP contribution in [-0.2, 0) is 0 Å². The Kier molecular flexibility index (Phi) is 3.92. The minimum absolute atomic E-state index is 0.179. The van der Waals surface area contributed by atoms with E-state index in [-0.39, 0.29) is 5.92 Å². The van der Waals surface area contributed by atoms with E-state index in [4.69, 9.17) is 6.57 Å². The van der Waals surface area contributed by atoms with Crippen LogP contribution in [-0.4, -0.2) is 12.2 Å². The van der Waals surface area contributed by atoms with Crippen molar-refractivity contribution in [2.45, 2.75) is 51.6 Å². The summed E-state index contributed by atoms with van der Waals surface area (Å²) in [5, 5.41) is 0. The molecule has 1 aliphatic rings. The van der Waals surface area contributed by atoms with Crippen molar-refractivity contribution in [3.05, 3.63) is 11.4 Å². The molecule has 0 amide bonds. The van der Waals surface area contributed by atoms with Crippen LogP contribution >= 0.6 is 0 Å². The standard InChI is InChI=1S/C12H20FN/c1-12(2,13)11-7-5-4-6-10(11)8-9-14-3/h10-11H,4-9H2,1-2H3. The Morgan fingerprint density at radius 1 is 1.36 bits per heavy atom. The van der Waals surface area contributed by atoms with Gasteiger partial charge in [0, 0.05) is 6.42 Å². The van der Waals surface area contributed by atoms with Gasteiger partial charge in [-0.3, -0.25) is 0 Å². The van der Waals surface area contributed by atoms with Gasteiger partial charge < -0.3 is 4.85 Å². The van der Waals surface area contributed by atoms with Crippen molar-refractivity contribution in [3.8, 4) is 0 Å². The maximum atomic E-state index is 13.9. The average Bonchev–Trinajstić information content (AvgIpc) is 2.14. The molecule has 2 atom stereocenters. The van der Waals surface area contributed by atoms with E-state index in [0.717, 1.165) is 25.7 Å². The first kappa shape index (κ1) is 11.5. The van der Waals surface area contributed by atoms with Crippen LogP contribution in [0.25, 0.3) is 4.85 Å². The van der Waals surface area contributed by atoms with E-state index >= 15 is 0 Å². The highest BCUT2D eigenvalue weighted by atomic mass is 19.1. The summed E-state index contributed by atoms with van der Waals surface area (Å²) >= 11 is 0. The molecule has 80 valence electrons. The van der Waals surface area contributed by atoms with Crippen LogP contribution in [0.1, 0.15) is 46.0 Å². The highest BCUT2D eigenvalue weighted by Crippen LogP contribution is 2.40. The second-order valence-corrected chi connectivity index (χ2v) is 4.89. The zero-order valence-corrected chi connectivity index (χ0v) is 9.22. The van der Waals surface area contributed by atoms with Gasteiger partial charge in [0.05, 0.1) is 0 Å². The van der Waals surface area contributed by atoms with Gasteiger partial charge in [-0.25, -0.2) is 11.0 Å². The summed E-state index contributed by atoms with van der Waals surface area (Å²) in [7, 11) is 0. The molecule has 0 aromatic heterocycles. The lowest BCUT2D eigenvalue weighted by Gasteiger charge is -2.37. The first-order valence-electron chi connectivity index (χ1n) is 5.58. The van der Waals surface area contributed by atoms with Crippen molar-refractivity contribution in [1.82, 2.24) is 0 Å². The average molecular weight is 197 g/mol. The number of rotatable bonds is 3. The molecule has 1 rings (SSSR count). The quantitative estimate of drug-likeness (QED) is 0.605. The van der Waals surface area contributed by atoms with Crippen molar-refractivity contribution < 1.29 is 4.39 Å². The van der Waals surface area contributed by atoms with Crippen molar-refractivity contribution in [2.24, 2.45) is 11.8 Å². The molecule has 0 spiro atoms. The Balaban J connectivity index is 2.56. The maximum absolute atomic E-state index is 13.9. The Labute approximate surface area is 86.5 Å². The molecule has 0 aliphatic heterocycles. The van der Waals surface area contributed by atoms with Crippen molar-refractivity contribution >= 4 is 0 Å². The Bertz CT molecular complexity index is 211. The number of halogens is 1. The number of hydrogen-bond acceptors (Lipinski definition) is 0. The Hall–Kier alpha value is -0.580. The largest absolute Gasteiger partial charge is 0.317 e. The number of nitrogens with zero attached hydrogens (tertiary/aromatic N) is 1. The van der Waals surface area contributed by atoms with Gasteiger partial charge in [0.1, 0.15) is 5.67 Å². The zero-order chi connectivity index (χ0) is 10.6. The lowest BCUT2D eigenvalue weighted by Crippen LogP contribution is -2.35. The molecule has 0 heterocycles. The van der Waals surface area contributed by atoms with E-state index in [1.165, 1.54) is 6.42 Å². The summed E-state index contributed by atoms with van der Waals surface area (Å²) in [5.41, 5.74) is -1.06. The number of alkyl halides is 1. The molecule has 0 saturated heterocycles. The van der Waals surface area contributed by atoms with E-state index in [9.17, 15) is 4.39 Å². The predicted octanol–water partition coefficient (Wildman–Crippen LogP) is 3.85. The molecule has 1 nitrogen and oxygen atoms in total. The summed E-state index contributed by atoms with van der Waals surface area (Å²) in [6, 6.07) is 0. The molecule has 0 N–H and O–H groups in total. The van der Waals surface area contributed by atoms with Gasteiger partial charge in [0.15, 0.2) is 0 Å². The summed E-state index contributed by atoms with van der Waals surface area (Å²) in [5.74, 6) is 0.621. The first-order chi connectivity index (χ1) is 6.55. The molecule has 0 aromatic carbocycles. The van der Waals surface area contributed by atoms with Crippen LogP contribution in [0, 0.1) is 18.4 Å². The Morgan fingerprint density at radius 3 is 2.57 bits per heavy atom. The SMILES string of the molecule is [C-]#[N+]CCC1CCCCC1C(C)(C)F. The molecule has 1 saturated carbocycles. The van der Waals surface area contributed by atoms with Crippen LogP contribution in [0.15, 0.2) is 0 Å². The summed E-state index contributed by atoms with van der Waals surface area (Å²) in [6.45, 7) is 10.7. The second-order valence-electron chi connectivity index (χ2n) is 4.89. The van der Waals surface area contributed by atoms with Gasteiger partial charge in [-0.2, -0.15) is 0 Å². The monoisotopic (exact) mass is 197 g/mol. The van der Waals surface area contributed by atoms with Crippen LogP contribution in [0.4, 0.5) is 4.39 Å². The van der Waals surface area contributed by atoms with Crippen molar-refractivity contribution in [2.75, 3.05) is 6.54 Å². The third-order valence-electron chi connectivity index (χ3n) is 3.40. The highest BCUT2D eigenvalue weighted by molar-refractivity contribution is 4.87. The molecule has 0 radical (unpaired) electrons. The van der Waals surface area contributed by atoms with Gasteiger partial charge in [-0.05, 0) is 38.5 Å². The number of hydrogen-bond donors (Lipinski definition) is 0. The smallest absolute Gasteiger partial charge is 0.215 e. The highest BCUT2D eigenvalue weighted by Gasteiger charge is 2.37. The fourth-order valence-corrected chi connectivity index (χ4v) is 2.69. The molecule has 0 bridgehead atoms. The topological polar surface area (TPSA) is 4.36 Å². The first-order valence-corrected chi connectivity index (χ1v) is 5.58. The molecular formula is C12H20FN.